The van der Waals surface area contributed by atoms with Gasteiger partial charge in [0.2, 0.25) is 11.1 Å². The molecule has 144 valence electrons. The van der Waals surface area contributed by atoms with Gasteiger partial charge in [0.25, 0.3) is 5.95 Å². The highest BCUT2D eigenvalue weighted by atomic mass is 32.2. The Hall–Kier alpha value is -3.40. The van der Waals surface area contributed by atoms with Gasteiger partial charge in [-0.05, 0) is 24.6 Å². The monoisotopic (exact) mass is 396 g/mol. The number of rotatable bonds is 8. The van der Waals surface area contributed by atoms with Crippen LogP contribution in [-0.2, 0) is 11.3 Å². The number of nitrogen functional groups attached to an aromatic ring is 1. The normalized spacial score (nSPS) is 11.2. The highest BCUT2D eigenvalue weighted by molar-refractivity contribution is 7.99. The van der Waals surface area contributed by atoms with Gasteiger partial charge in [-0.2, -0.15) is 5.10 Å². The molecule has 2 heterocycles. The summed E-state index contributed by atoms with van der Waals surface area (Å²) >= 11 is 1.20. The fourth-order valence-corrected chi connectivity index (χ4v) is 2.91. The van der Waals surface area contributed by atoms with Crippen molar-refractivity contribution in [3.8, 4) is 0 Å². The molecule has 0 saturated carbocycles. The molecule has 0 unspecified atom stereocenters. The Bertz CT molecular complexity index is 943. The summed E-state index contributed by atoms with van der Waals surface area (Å²) in [5.74, 6) is 6.32. The summed E-state index contributed by atoms with van der Waals surface area (Å²) in [5.41, 5.74) is 5.50. The van der Waals surface area contributed by atoms with Gasteiger partial charge in [0.15, 0.2) is 0 Å². The van der Waals surface area contributed by atoms with Crippen LogP contribution in [0.4, 0.5) is 5.95 Å². The van der Waals surface area contributed by atoms with Crippen molar-refractivity contribution < 1.29 is 4.79 Å². The van der Waals surface area contributed by atoms with Crippen LogP contribution < -0.4 is 16.6 Å². The molecule has 0 radical (unpaired) electrons. The number of hydrogen-bond donors (Lipinski definition) is 3. The van der Waals surface area contributed by atoms with Crippen molar-refractivity contribution in [3.63, 3.8) is 0 Å². The second-order valence-corrected chi connectivity index (χ2v) is 6.71. The lowest BCUT2D eigenvalue weighted by Crippen LogP contribution is -2.25. The van der Waals surface area contributed by atoms with Crippen LogP contribution in [0.25, 0.3) is 0 Å². The lowest BCUT2D eigenvalue weighted by atomic mass is 10.2. The number of amides is 1. The maximum Gasteiger partial charge on any atom is 0.264 e. The van der Waals surface area contributed by atoms with Crippen LogP contribution in [0.15, 0.2) is 65.1 Å². The molecule has 0 spiro atoms. The van der Waals surface area contributed by atoms with E-state index in [1.165, 1.54) is 16.4 Å². The van der Waals surface area contributed by atoms with Gasteiger partial charge in [-0.3, -0.25) is 9.78 Å². The molecule has 28 heavy (non-hydrogen) atoms. The Morgan fingerprint density at radius 1 is 1.18 bits per heavy atom. The van der Waals surface area contributed by atoms with Crippen LogP contribution in [0, 0.1) is 0 Å². The molecule has 0 saturated heterocycles. The predicted octanol–water partition coefficient (Wildman–Crippen LogP) is 1.63. The first-order valence-electron chi connectivity index (χ1n) is 8.48. The molecule has 0 fully saturated rings. The highest BCUT2D eigenvalue weighted by Crippen LogP contribution is 2.16. The van der Waals surface area contributed by atoms with E-state index in [4.69, 9.17) is 5.84 Å². The molecule has 3 aromatic rings. The Labute approximate surface area is 166 Å². The van der Waals surface area contributed by atoms with Crippen LogP contribution in [0.1, 0.15) is 18.1 Å². The molecule has 4 N–H and O–H groups in total. The summed E-state index contributed by atoms with van der Waals surface area (Å²) in [7, 11) is 0. The molecule has 1 aromatic carbocycles. The summed E-state index contributed by atoms with van der Waals surface area (Å²) in [6, 6.07) is 13.4. The lowest BCUT2D eigenvalue weighted by molar-refractivity contribution is -0.118. The van der Waals surface area contributed by atoms with Gasteiger partial charge < -0.3 is 11.2 Å². The van der Waals surface area contributed by atoms with Crippen molar-refractivity contribution in [1.82, 2.24) is 25.2 Å². The smallest absolute Gasteiger partial charge is 0.264 e. The average Bonchev–Trinajstić information content (AvgIpc) is 3.09. The van der Waals surface area contributed by atoms with E-state index in [-0.39, 0.29) is 17.6 Å². The van der Waals surface area contributed by atoms with E-state index in [0.717, 1.165) is 16.8 Å². The fourth-order valence-electron chi connectivity index (χ4n) is 2.22. The van der Waals surface area contributed by atoms with E-state index >= 15 is 0 Å². The molecule has 0 aliphatic heterocycles. The van der Waals surface area contributed by atoms with Crippen LogP contribution in [0.3, 0.4) is 0 Å². The van der Waals surface area contributed by atoms with E-state index in [1.54, 1.807) is 12.4 Å². The number of nitrogens with zero attached hydrogens (tertiary/aromatic N) is 5. The zero-order valence-electron chi connectivity index (χ0n) is 15.2. The van der Waals surface area contributed by atoms with Crippen molar-refractivity contribution >= 4 is 29.3 Å². The number of carbonyl (C=O) groups is 1. The number of thioether (sulfide) groups is 1. The van der Waals surface area contributed by atoms with Gasteiger partial charge in [0, 0.05) is 24.5 Å². The third-order valence-corrected chi connectivity index (χ3v) is 4.69. The van der Waals surface area contributed by atoms with Crippen molar-refractivity contribution in [3.05, 3.63) is 66.0 Å². The van der Waals surface area contributed by atoms with Gasteiger partial charge in [-0.15, -0.1) is 10.2 Å². The van der Waals surface area contributed by atoms with Crippen LogP contribution in [0.2, 0.25) is 0 Å². The first-order chi connectivity index (χ1) is 13.6. The number of nitrogens with two attached hydrogens (primary N) is 1. The first kappa shape index (κ1) is 19.4. The number of nitrogens with one attached hydrogen (secondary N) is 2. The minimum absolute atomic E-state index is 0.113. The topological polar surface area (TPSA) is 123 Å². The molecule has 0 aliphatic carbocycles. The SMILES string of the molecule is C/C(=N\Nc1nnc(SCC(=O)NCc2ccccc2)n1N)c1ccncc1. The Kier molecular flexibility index (Phi) is 6.58. The second-order valence-electron chi connectivity index (χ2n) is 5.77. The minimum atomic E-state index is -0.113. The number of hydrazone groups is 1. The van der Waals surface area contributed by atoms with Gasteiger partial charge in [-0.25, -0.2) is 10.1 Å². The summed E-state index contributed by atoms with van der Waals surface area (Å²) in [5, 5.41) is 15.5. The van der Waals surface area contributed by atoms with E-state index in [0.29, 0.717) is 11.7 Å². The molecule has 0 bridgehead atoms. The molecule has 0 aliphatic rings. The molecule has 3 rings (SSSR count). The number of aromatic nitrogens is 4. The molecule has 1 amide bonds. The molecule has 2 aromatic heterocycles. The number of hydrogen-bond acceptors (Lipinski definition) is 8. The minimum Gasteiger partial charge on any atom is -0.351 e. The Morgan fingerprint density at radius 3 is 2.68 bits per heavy atom. The number of anilines is 1. The highest BCUT2D eigenvalue weighted by Gasteiger charge is 2.12. The van der Waals surface area contributed by atoms with E-state index in [1.807, 2.05) is 49.4 Å². The maximum absolute atomic E-state index is 12.0. The Balaban J connectivity index is 1.51. The summed E-state index contributed by atoms with van der Waals surface area (Å²) in [6.45, 7) is 2.33. The van der Waals surface area contributed by atoms with E-state index in [9.17, 15) is 4.79 Å². The van der Waals surface area contributed by atoms with Gasteiger partial charge in [-0.1, -0.05) is 42.1 Å². The van der Waals surface area contributed by atoms with E-state index < -0.39 is 0 Å². The second kappa shape index (κ2) is 9.51. The molecular formula is C18H20N8OS. The van der Waals surface area contributed by atoms with Crippen molar-refractivity contribution in [2.45, 2.75) is 18.6 Å². The third kappa shape index (κ3) is 5.30. The zero-order valence-corrected chi connectivity index (χ0v) is 16.1. The van der Waals surface area contributed by atoms with Crippen LogP contribution >= 0.6 is 11.8 Å². The van der Waals surface area contributed by atoms with Crippen LogP contribution in [0.5, 0.6) is 0 Å². The summed E-state index contributed by atoms with van der Waals surface area (Å²) < 4.78 is 1.26. The zero-order chi connectivity index (χ0) is 19.8. The fraction of sp³-hybridized carbons (Fsp3) is 0.167. The quantitative estimate of drug-likeness (QED) is 0.229. The van der Waals surface area contributed by atoms with Gasteiger partial charge in [0.1, 0.15) is 0 Å². The maximum atomic E-state index is 12.0. The lowest BCUT2D eigenvalue weighted by Gasteiger charge is -2.06. The molecule has 10 heteroatoms. The number of carbonyl (C=O) groups excluding carboxylic acids is 1. The summed E-state index contributed by atoms with van der Waals surface area (Å²) in [6.07, 6.45) is 3.38. The van der Waals surface area contributed by atoms with Crippen molar-refractivity contribution in [1.29, 1.82) is 0 Å². The third-order valence-electron chi connectivity index (χ3n) is 3.75. The number of benzene rings is 1. The van der Waals surface area contributed by atoms with Crippen molar-refractivity contribution in [2.75, 3.05) is 17.0 Å². The molecule has 0 atom stereocenters. The van der Waals surface area contributed by atoms with Gasteiger partial charge >= 0.3 is 0 Å². The number of pyridine rings is 1. The molecular weight excluding hydrogens is 376 g/mol. The van der Waals surface area contributed by atoms with E-state index in [2.05, 4.69) is 31.0 Å². The van der Waals surface area contributed by atoms with Gasteiger partial charge in [0.05, 0.1) is 11.5 Å². The largest absolute Gasteiger partial charge is 0.351 e. The standard InChI is InChI=1S/C18H20N8OS/c1-13(15-7-9-20-10-8-15)22-23-17-24-25-18(26(17)19)28-12-16(27)21-11-14-5-3-2-4-6-14/h2-10H,11-12,19H2,1H3,(H,21,27)(H,23,24)/b22-13+. The van der Waals surface area contributed by atoms with Crippen molar-refractivity contribution in [2.24, 2.45) is 5.10 Å². The molecule has 9 nitrogen and oxygen atoms in total. The Morgan fingerprint density at radius 2 is 1.93 bits per heavy atom. The van der Waals surface area contributed by atoms with Crippen LogP contribution in [-0.4, -0.2) is 37.2 Å². The average molecular weight is 396 g/mol. The summed E-state index contributed by atoms with van der Waals surface area (Å²) in [4.78, 5) is 16.0. The predicted molar refractivity (Wildman–Crippen MR) is 109 cm³/mol. The first-order valence-corrected chi connectivity index (χ1v) is 9.46.